The molecule has 2 aliphatic heterocycles. The first-order chi connectivity index (χ1) is 17.7. The number of carbonyl (C=O) groups is 2. The fourth-order valence-corrected chi connectivity index (χ4v) is 4.64. The summed E-state index contributed by atoms with van der Waals surface area (Å²) in [5, 5.41) is 53.3. The maximum atomic E-state index is 12.1. The Morgan fingerprint density at radius 3 is 2.57 bits per heavy atom. The molecule has 1 aromatic carbocycles. The van der Waals surface area contributed by atoms with Crippen LogP contribution in [0.2, 0.25) is 0 Å². The van der Waals surface area contributed by atoms with Gasteiger partial charge in [0.15, 0.2) is 17.6 Å². The van der Waals surface area contributed by atoms with Gasteiger partial charge in [-0.05, 0) is 25.0 Å². The highest BCUT2D eigenvalue weighted by atomic mass is 16.7. The minimum absolute atomic E-state index is 0.0136. The zero-order valence-corrected chi connectivity index (χ0v) is 20.3. The van der Waals surface area contributed by atoms with Crippen LogP contribution in [0.15, 0.2) is 16.7 Å². The molecule has 13 nitrogen and oxygen atoms in total. The molecule has 6 atom stereocenters. The molecule has 1 amide bonds. The number of esters is 1. The first-order valence-electron chi connectivity index (χ1n) is 11.9. The van der Waals surface area contributed by atoms with Crippen LogP contribution in [-0.2, 0) is 25.5 Å². The van der Waals surface area contributed by atoms with E-state index in [1.54, 1.807) is 13.0 Å². The van der Waals surface area contributed by atoms with E-state index in [1.807, 2.05) is 0 Å². The molecule has 0 aliphatic carbocycles. The number of benzene rings is 1. The van der Waals surface area contributed by atoms with Crippen molar-refractivity contribution in [1.82, 2.24) is 5.32 Å². The van der Waals surface area contributed by atoms with Gasteiger partial charge in [-0.2, -0.15) is 0 Å². The summed E-state index contributed by atoms with van der Waals surface area (Å²) in [6.07, 6.45) is -8.99. The van der Waals surface area contributed by atoms with Gasteiger partial charge in [0.25, 0.3) is 0 Å². The lowest BCUT2D eigenvalue weighted by Crippen LogP contribution is -2.62. The van der Waals surface area contributed by atoms with Crippen LogP contribution in [0.5, 0.6) is 11.5 Å². The maximum absolute atomic E-state index is 12.1. The SMILES string of the molecule is CCOC(=O)CCc1cc2c(C3CNC(=O)C3)coc2c(OC)c1OC1OC(C(O)O)C(O)C(O)C1O. The van der Waals surface area contributed by atoms with Crippen molar-refractivity contribution in [3.8, 4) is 11.5 Å². The van der Waals surface area contributed by atoms with Crippen LogP contribution in [0.3, 0.4) is 0 Å². The Labute approximate surface area is 211 Å². The molecule has 0 radical (unpaired) electrons. The van der Waals surface area contributed by atoms with Crippen molar-refractivity contribution >= 4 is 22.8 Å². The summed E-state index contributed by atoms with van der Waals surface area (Å²) in [5.74, 6) is -0.577. The largest absolute Gasteiger partial charge is 0.490 e. The average Bonchev–Trinajstić information content (AvgIpc) is 3.48. The molecule has 13 heteroatoms. The molecule has 6 N–H and O–H groups in total. The molecule has 2 aromatic rings. The van der Waals surface area contributed by atoms with E-state index < -0.39 is 43.0 Å². The Morgan fingerprint density at radius 1 is 1.19 bits per heavy atom. The molecular formula is C24H31NO12. The third kappa shape index (κ3) is 5.37. The second-order valence-electron chi connectivity index (χ2n) is 8.95. The fourth-order valence-electron chi connectivity index (χ4n) is 4.64. The van der Waals surface area contributed by atoms with Crippen LogP contribution in [-0.4, -0.2) is 94.7 Å². The van der Waals surface area contributed by atoms with E-state index in [0.29, 0.717) is 17.5 Å². The lowest BCUT2D eigenvalue weighted by molar-refractivity contribution is -0.310. The number of carbonyl (C=O) groups excluding carboxylic acids is 2. The Morgan fingerprint density at radius 2 is 1.95 bits per heavy atom. The van der Waals surface area contributed by atoms with Crippen LogP contribution < -0.4 is 14.8 Å². The van der Waals surface area contributed by atoms with Crippen molar-refractivity contribution in [3.05, 3.63) is 23.5 Å². The molecule has 2 saturated heterocycles. The number of amides is 1. The number of aliphatic hydroxyl groups is 5. The van der Waals surface area contributed by atoms with Gasteiger partial charge >= 0.3 is 5.97 Å². The Bertz CT molecular complexity index is 1130. The molecule has 4 rings (SSSR count). The van der Waals surface area contributed by atoms with Crippen molar-refractivity contribution in [2.75, 3.05) is 20.3 Å². The van der Waals surface area contributed by atoms with Gasteiger partial charge in [-0.1, -0.05) is 0 Å². The molecule has 0 saturated carbocycles. The predicted molar refractivity (Wildman–Crippen MR) is 124 cm³/mol. The number of aliphatic hydroxyl groups excluding tert-OH is 4. The molecule has 3 heterocycles. The summed E-state index contributed by atoms with van der Waals surface area (Å²) in [5.41, 5.74) is 1.47. The van der Waals surface area contributed by atoms with Crippen LogP contribution in [0.25, 0.3) is 11.0 Å². The van der Waals surface area contributed by atoms with E-state index in [1.165, 1.54) is 13.4 Å². The topological polar surface area (TPSA) is 197 Å². The number of hydrogen-bond donors (Lipinski definition) is 6. The van der Waals surface area contributed by atoms with Gasteiger partial charge in [0.05, 0.1) is 20.0 Å². The lowest BCUT2D eigenvalue weighted by atomic mass is 9.95. The smallest absolute Gasteiger partial charge is 0.306 e. The number of rotatable bonds is 9. The number of fused-ring (bicyclic) bond motifs is 1. The number of furan rings is 1. The molecule has 1 aromatic heterocycles. The normalized spacial score (nSPS) is 27.9. The molecule has 6 unspecified atom stereocenters. The number of ether oxygens (including phenoxy) is 4. The standard InChI is InChI=1S/C24H31NO12/c1-3-34-15(27)5-4-10-6-12-13(11-7-14(26)25-8-11)9-35-20(12)22(33-2)19(10)36-24-18(30)16(28)17(29)21(37-24)23(31)32/h6,9,11,16-18,21,23-24,28-32H,3-5,7-8H2,1-2H3,(H,25,26). The second kappa shape index (κ2) is 11.2. The average molecular weight is 526 g/mol. The molecular weight excluding hydrogens is 494 g/mol. The van der Waals surface area contributed by atoms with E-state index in [-0.39, 0.29) is 54.8 Å². The van der Waals surface area contributed by atoms with Gasteiger partial charge in [-0.25, -0.2) is 0 Å². The zero-order valence-electron chi connectivity index (χ0n) is 20.3. The van der Waals surface area contributed by atoms with E-state index in [4.69, 9.17) is 23.4 Å². The number of aryl methyl sites for hydroxylation is 1. The predicted octanol–water partition coefficient (Wildman–Crippen LogP) is -0.962. The van der Waals surface area contributed by atoms with Crippen molar-refractivity contribution in [2.24, 2.45) is 0 Å². The monoisotopic (exact) mass is 525 g/mol. The summed E-state index contributed by atoms with van der Waals surface area (Å²) in [7, 11) is 1.36. The van der Waals surface area contributed by atoms with Crippen molar-refractivity contribution < 1.29 is 58.5 Å². The minimum Gasteiger partial charge on any atom is -0.490 e. The van der Waals surface area contributed by atoms with Crippen molar-refractivity contribution in [1.29, 1.82) is 0 Å². The van der Waals surface area contributed by atoms with Crippen LogP contribution >= 0.6 is 0 Å². The molecule has 2 fully saturated rings. The molecule has 0 bridgehead atoms. The molecule has 37 heavy (non-hydrogen) atoms. The second-order valence-corrected chi connectivity index (χ2v) is 8.95. The van der Waals surface area contributed by atoms with Crippen molar-refractivity contribution in [2.45, 2.75) is 69.1 Å². The quantitative estimate of drug-likeness (QED) is 0.173. The summed E-state index contributed by atoms with van der Waals surface area (Å²) < 4.78 is 27.7. The van der Waals surface area contributed by atoms with Gasteiger partial charge in [-0.3, -0.25) is 9.59 Å². The third-order valence-electron chi connectivity index (χ3n) is 6.54. The van der Waals surface area contributed by atoms with Crippen LogP contribution in [0.1, 0.15) is 36.8 Å². The third-order valence-corrected chi connectivity index (χ3v) is 6.54. The Balaban J connectivity index is 1.76. The highest BCUT2D eigenvalue weighted by Crippen LogP contribution is 2.45. The summed E-state index contributed by atoms with van der Waals surface area (Å²) in [6.45, 7) is 2.31. The Hall–Kier alpha value is -2.94. The van der Waals surface area contributed by atoms with E-state index in [2.05, 4.69) is 5.32 Å². The van der Waals surface area contributed by atoms with Gasteiger partial charge in [0.1, 0.15) is 24.4 Å². The van der Waals surface area contributed by atoms with Crippen LogP contribution in [0.4, 0.5) is 0 Å². The highest BCUT2D eigenvalue weighted by Gasteiger charge is 2.48. The first kappa shape index (κ1) is 27.1. The molecule has 204 valence electrons. The zero-order chi connectivity index (χ0) is 26.9. The van der Waals surface area contributed by atoms with E-state index in [9.17, 15) is 35.1 Å². The fraction of sp³-hybridized carbons (Fsp3) is 0.583. The van der Waals surface area contributed by atoms with Gasteiger partial charge in [0, 0.05) is 36.3 Å². The van der Waals surface area contributed by atoms with Crippen molar-refractivity contribution in [3.63, 3.8) is 0 Å². The van der Waals surface area contributed by atoms with Gasteiger partial charge in [-0.15, -0.1) is 0 Å². The number of nitrogens with one attached hydrogen (secondary N) is 1. The summed E-state index contributed by atoms with van der Waals surface area (Å²) in [6, 6.07) is 1.72. The summed E-state index contributed by atoms with van der Waals surface area (Å²) >= 11 is 0. The highest BCUT2D eigenvalue weighted by molar-refractivity contribution is 5.92. The number of methoxy groups -OCH3 is 1. The molecule has 0 spiro atoms. The summed E-state index contributed by atoms with van der Waals surface area (Å²) in [4.78, 5) is 23.9. The number of hydrogen-bond acceptors (Lipinski definition) is 12. The van der Waals surface area contributed by atoms with E-state index in [0.717, 1.165) is 5.56 Å². The minimum atomic E-state index is -2.17. The van der Waals surface area contributed by atoms with Crippen LogP contribution in [0, 0.1) is 0 Å². The Kier molecular flexibility index (Phi) is 8.21. The lowest BCUT2D eigenvalue weighted by Gasteiger charge is -2.41. The first-order valence-corrected chi connectivity index (χ1v) is 11.9. The molecule has 2 aliphatic rings. The maximum Gasteiger partial charge on any atom is 0.306 e. The van der Waals surface area contributed by atoms with Gasteiger partial charge < -0.3 is 54.2 Å². The van der Waals surface area contributed by atoms with E-state index >= 15 is 0 Å². The van der Waals surface area contributed by atoms with Gasteiger partial charge in [0.2, 0.25) is 17.9 Å².